The predicted octanol–water partition coefficient (Wildman–Crippen LogP) is 3.54. The number of hydrogen-bond acceptors (Lipinski definition) is 5. The van der Waals surface area contributed by atoms with Gasteiger partial charge in [-0.3, -0.25) is 5.41 Å². The lowest BCUT2D eigenvalue weighted by Gasteiger charge is -2.13. The molecule has 0 amide bonds. The van der Waals surface area contributed by atoms with Crippen molar-refractivity contribution in [3.8, 4) is 5.75 Å². The van der Waals surface area contributed by atoms with Crippen molar-refractivity contribution in [3.05, 3.63) is 65.7 Å². The van der Waals surface area contributed by atoms with Crippen molar-refractivity contribution in [2.75, 3.05) is 20.3 Å². The van der Waals surface area contributed by atoms with E-state index in [0.717, 1.165) is 18.4 Å². The fraction of sp³-hybridized carbons (Fsp3) is 0.263. The molecular formula is C19H19F3N2O5. The number of rotatable bonds is 9. The number of nitrogens with one attached hydrogen (secondary N) is 1. The summed E-state index contributed by atoms with van der Waals surface area (Å²) in [5.41, 5.74) is -0.516. The summed E-state index contributed by atoms with van der Waals surface area (Å²) in [6, 6.07) is 7.65. The molecule has 156 valence electrons. The van der Waals surface area contributed by atoms with Crippen LogP contribution in [0.3, 0.4) is 0 Å². The quantitative estimate of drug-likeness (QED) is 0.216. The summed E-state index contributed by atoms with van der Waals surface area (Å²) < 4.78 is 54.8. The van der Waals surface area contributed by atoms with Crippen LogP contribution >= 0.6 is 0 Å². The Kier molecular flexibility index (Phi) is 7.29. The second-order valence-corrected chi connectivity index (χ2v) is 5.76. The second-order valence-electron chi connectivity index (χ2n) is 5.76. The molecule has 1 heterocycles. The molecule has 2 aromatic rings. The molecule has 2 N–H and O–H groups in total. The van der Waals surface area contributed by atoms with Crippen molar-refractivity contribution in [2.45, 2.75) is 12.7 Å². The van der Waals surface area contributed by atoms with Gasteiger partial charge >= 0.3 is 12.1 Å². The number of hydrogen-bond donors (Lipinski definition) is 2. The van der Waals surface area contributed by atoms with Gasteiger partial charge in [-0.2, -0.15) is 13.2 Å². The van der Waals surface area contributed by atoms with E-state index in [1.807, 2.05) is 0 Å². The van der Waals surface area contributed by atoms with Gasteiger partial charge in [0.15, 0.2) is 0 Å². The third-order valence-electron chi connectivity index (χ3n) is 3.70. The Bertz CT molecular complexity index is 890. The van der Waals surface area contributed by atoms with Crippen molar-refractivity contribution < 1.29 is 37.3 Å². The molecule has 0 spiro atoms. The minimum absolute atomic E-state index is 0.0226. The van der Waals surface area contributed by atoms with Gasteiger partial charge in [0.1, 0.15) is 24.7 Å². The summed E-state index contributed by atoms with van der Waals surface area (Å²) in [6.07, 6.45) is -1.78. The SMILES string of the molecule is CO/C=C(/Cn1cccc1C(=N)OCCOc1cccc(C(F)(F)F)c1)C(=O)O. The molecular weight excluding hydrogens is 393 g/mol. The van der Waals surface area contributed by atoms with E-state index in [1.54, 1.807) is 18.3 Å². The van der Waals surface area contributed by atoms with Gasteiger partial charge in [-0.25, -0.2) is 4.79 Å². The Morgan fingerprint density at radius 2 is 2.00 bits per heavy atom. The normalized spacial score (nSPS) is 11.8. The third-order valence-corrected chi connectivity index (χ3v) is 3.70. The second kappa shape index (κ2) is 9.67. The minimum atomic E-state index is -4.46. The number of carboxylic acids is 1. The molecule has 2 rings (SSSR count). The van der Waals surface area contributed by atoms with Gasteiger partial charge < -0.3 is 23.9 Å². The molecule has 0 saturated carbocycles. The average molecular weight is 412 g/mol. The van der Waals surface area contributed by atoms with Crippen LogP contribution in [0.1, 0.15) is 11.3 Å². The highest BCUT2D eigenvalue weighted by Crippen LogP contribution is 2.31. The number of carboxylic acid groups (broad SMARTS) is 1. The maximum atomic E-state index is 12.7. The molecule has 10 heteroatoms. The number of aliphatic carboxylic acids is 1. The highest BCUT2D eigenvalue weighted by molar-refractivity contribution is 5.90. The first-order valence-corrected chi connectivity index (χ1v) is 8.34. The summed E-state index contributed by atoms with van der Waals surface area (Å²) >= 11 is 0. The molecule has 0 aliphatic rings. The lowest BCUT2D eigenvalue weighted by atomic mass is 10.2. The van der Waals surface area contributed by atoms with Crippen LogP contribution in [0.5, 0.6) is 5.75 Å². The van der Waals surface area contributed by atoms with Crippen molar-refractivity contribution >= 4 is 11.9 Å². The van der Waals surface area contributed by atoms with Crippen molar-refractivity contribution in [1.29, 1.82) is 5.41 Å². The number of carbonyl (C=O) groups is 1. The zero-order valence-electron chi connectivity index (χ0n) is 15.4. The zero-order chi connectivity index (χ0) is 21.4. The fourth-order valence-electron chi connectivity index (χ4n) is 2.38. The van der Waals surface area contributed by atoms with E-state index in [4.69, 9.17) is 24.7 Å². The van der Waals surface area contributed by atoms with E-state index >= 15 is 0 Å². The fourth-order valence-corrected chi connectivity index (χ4v) is 2.38. The number of halogens is 3. The first-order valence-electron chi connectivity index (χ1n) is 8.34. The lowest BCUT2D eigenvalue weighted by Crippen LogP contribution is -2.18. The number of nitrogens with zero attached hydrogens (tertiary/aromatic N) is 1. The maximum Gasteiger partial charge on any atom is 0.416 e. The van der Waals surface area contributed by atoms with Crippen LogP contribution < -0.4 is 4.74 Å². The van der Waals surface area contributed by atoms with E-state index in [0.29, 0.717) is 5.69 Å². The number of methoxy groups -OCH3 is 1. The lowest BCUT2D eigenvalue weighted by molar-refractivity contribution is -0.137. The molecule has 0 unspecified atom stereocenters. The molecule has 0 aliphatic heterocycles. The molecule has 1 aromatic heterocycles. The Labute approximate surface area is 164 Å². The van der Waals surface area contributed by atoms with E-state index < -0.39 is 17.7 Å². The summed E-state index contributed by atoms with van der Waals surface area (Å²) in [5, 5.41) is 17.1. The first kappa shape index (κ1) is 21.9. The first-order chi connectivity index (χ1) is 13.7. The van der Waals surface area contributed by atoms with Crippen LogP contribution in [-0.2, 0) is 27.0 Å². The standard InChI is InChI=1S/C19H19F3N2O5/c1-27-12-13(18(25)26)11-24-7-3-6-16(24)17(23)29-9-8-28-15-5-2-4-14(10-15)19(20,21)22/h2-7,10,12,23H,8-9,11H2,1H3,(H,25,26)/b13-12-,23-17?. The highest BCUT2D eigenvalue weighted by Gasteiger charge is 2.30. The predicted molar refractivity (Wildman–Crippen MR) is 96.9 cm³/mol. The summed E-state index contributed by atoms with van der Waals surface area (Å²) in [6.45, 7) is -0.202. The van der Waals surface area contributed by atoms with E-state index in [9.17, 15) is 18.0 Å². The molecule has 0 atom stereocenters. The molecule has 0 bridgehead atoms. The average Bonchev–Trinajstić information content (AvgIpc) is 3.12. The Morgan fingerprint density at radius 1 is 1.24 bits per heavy atom. The van der Waals surface area contributed by atoms with E-state index in [1.165, 1.54) is 23.8 Å². The number of ether oxygens (including phenoxy) is 3. The van der Waals surface area contributed by atoms with E-state index in [2.05, 4.69) is 0 Å². The van der Waals surface area contributed by atoms with Gasteiger partial charge in [0, 0.05) is 6.20 Å². The number of benzene rings is 1. The largest absolute Gasteiger partial charge is 0.504 e. The van der Waals surface area contributed by atoms with Gasteiger partial charge in [0.25, 0.3) is 0 Å². The number of aromatic nitrogens is 1. The molecule has 0 aliphatic carbocycles. The van der Waals surface area contributed by atoms with Crippen LogP contribution in [0.2, 0.25) is 0 Å². The molecule has 0 radical (unpaired) electrons. The minimum Gasteiger partial charge on any atom is -0.504 e. The topological polar surface area (TPSA) is 93.8 Å². The number of alkyl halides is 3. The van der Waals surface area contributed by atoms with Crippen LogP contribution in [0.4, 0.5) is 13.2 Å². The van der Waals surface area contributed by atoms with Crippen molar-refractivity contribution in [3.63, 3.8) is 0 Å². The summed E-state index contributed by atoms with van der Waals surface area (Å²) in [4.78, 5) is 11.2. The third kappa shape index (κ3) is 6.30. The van der Waals surface area contributed by atoms with Gasteiger partial charge in [-0.1, -0.05) is 6.07 Å². The van der Waals surface area contributed by atoms with Gasteiger partial charge in [-0.15, -0.1) is 0 Å². The molecule has 1 aromatic carbocycles. The van der Waals surface area contributed by atoms with Crippen LogP contribution in [0.15, 0.2) is 54.4 Å². The highest BCUT2D eigenvalue weighted by atomic mass is 19.4. The molecule has 29 heavy (non-hydrogen) atoms. The van der Waals surface area contributed by atoms with Crippen LogP contribution in [-0.4, -0.2) is 41.9 Å². The van der Waals surface area contributed by atoms with Crippen molar-refractivity contribution in [2.24, 2.45) is 0 Å². The molecule has 0 saturated heterocycles. The van der Waals surface area contributed by atoms with Gasteiger partial charge in [0.05, 0.1) is 31.1 Å². The monoisotopic (exact) mass is 412 g/mol. The van der Waals surface area contributed by atoms with Gasteiger partial charge in [0.2, 0.25) is 5.90 Å². The Hall–Kier alpha value is -3.43. The van der Waals surface area contributed by atoms with E-state index in [-0.39, 0.29) is 37.0 Å². The smallest absolute Gasteiger partial charge is 0.416 e. The van der Waals surface area contributed by atoms with Gasteiger partial charge in [-0.05, 0) is 30.3 Å². The summed E-state index contributed by atoms with van der Waals surface area (Å²) in [7, 11) is 1.33. The molecule has 0 fully saturated rings. The van der Waals surface area contributed by atoms with Crippen LogP contribution in [0.25, 0.3) is 0 Å². The maximum absolute atomic E-state index is 12.7. The van der Waals surface area contributed by atoms with Crippen molar-refractivity contribution in [1.82, 2.24) is 4.57 Å². The zero-order valence-corrected chi connectivity index (χ0v) is 15.4. The Morgan fingerprint density at radius 3 is 2.66 bits per heavy atom. The molecule has 7 nitrogen and oxygen atoms in total. The van der Waals surface area contributed by atoms with Crippen LogP contribution in [0, 0.1) is 5.41 Å². The Balaban J connectivity index is 1.90. The summed E-state index contributed by atoms with van der Waals surface area (Å²) in [5.74, 6) is -1.35.